The molecule has 1 saturated heterocycles. The number of rotatable bonds is 5. The van der Waals surface area contributed by atoms with Gasteiger partial charge in [0.25, 0.3) is 21.6 Å². The van der Waals surface area contributed by atoms with E-state index >= 15 is 0 Å². The standard InChI is InChI=1S/C13H14Cl2N2O5S/c1-2-13(15)9(7-14)8-16(12(13)18)23(21,22)11-5-3-10(4-6-11)17(19)20/h3-6,9H,2,7-8H2,1H3. The number of nitrogens with zero attached hydrogens (tertiary/aromatic N) is 2. The molecule has 2 rings (SSSR count). The number of sulfonamides is 1. The number of nitro benzene ring substituents is 1. The van der Waals surface area contributed by atoms with E-state index in [9.17, 15) is 23.3 Å². The molecule has 7 nitrogen and oxygen atoms in total. The van der Waals surface area contributed by atoms with Crippen molar-refractivity contribution in [1.29, 1.82) is 0 Å². The Hall–Kier alpha value is -1.38. The largest absolute Gasteiger partial charge is 0.272 e. The fourth-order valence-electron chi connectivity index (χ4n) is 2.50. The summed E-state index contributed by atoms with van der Waals surface area (Å²) >= 11 is 12.1. The monoisotopic (exact) mass is 380 g/mol. The number of benzene rings is 1. The molecule has 0 N–H and O–H groups in total. The zero-order valence-corrected chi connectivity index (χ0v) is 14.4. The molecule has 10 heteroatoms. The van der Waals surface area contributed by atoms with Crippen LogP contribution in [0.5, 0.6) is 0 Å². The van der Waals surface area contributed by atoms with Crippen LogP contribution in [0.15, 0.2) is 29.2 Å². The summed E-state index contributed by atoms with van der Waals surface area (Å²) in [6.07, 6.45) is 0.247. The number of hydrogen-bond acceptors (Lipinski definition) is 5. The number of nitro groups is 1. The van der Waals surface area contributed by atoms with Crippen molar-refractivity contribution in [2.75, 3.05) is 12.4 Å². The number of hydrogen-bond donors (Lipinski definition) is 0. The first kappa shape index (κ1) is 18.0. The van der Waals surface area contributed by atoms with E-state index in [4.69, 9.17) is 23.2 Å². The number of halogens is 2. The van der Waals surface area contributed by atoms with Crippen molar-refractivity contribution in [1.82, 2.24) is 4.31 Å². The molecule has 1 aromatic carbocycles. The molecule has 1 fully saturated rings. The highest BCUT2D eigenvalue weighted by atomic mass is 35.5. The lowest BCUT2D eigenvalue weighted by atomic mass is 9.94. The highest BCUT2D eigenvalue weighted by Crippen LogP contribution is 2.41. The molecule has 0 radical (unpaired) electrons. The van der Waals surface area contributed by atoms with Gasteiger partial charge in [-0.1, -0.05) is 6.92 Å². The van der Waals surface area contributed by atoms with Crippen LogP contribution < -0.4 is 0 Å². The van der Waals surface area contributed by atoms with E-state index in [-0.39, 0.29) is 29.4 Å². The van der Waals surface area contributed by atoms with Gasteiger partial charge in [-0.05, 0) is 18.6 Å². The third kappa shape index (κ3) is 2.90. The van der Waals surface area contributed by atoms with Crippen molar-refractivity contribution < 1.29 is 18.1 Å². The smallest absolute Gasteiger partial charge is 0.269 e. The van der Waals surface area contributed by atoms with Crippen LogP contribution in [0.25, 0.3) is 0 Å². The molecule has 0 saturated carbocycles. The minimum atomic E-state index is -4.14. The van der Waals surface area contributed by atoms with Crippen molar-refractivity contribution in [3.8, 4) is 0 Å². The first-order valence-corrected chi connectivity index (χ1v) is 9.10. The molecule has 1 aromatic rings. The lowest BCUT2D eigenvalue weighted by Gasteiger charge is -2.22. The molecular formula is C13H14Cl2N2O5S. The molecular weight excluding hydrogens is 367 g/mol. The Morgan fingerprint density at radius 2 is 1.96 bits per heavy atom. The Morgan fingerprint density at radius 1 is 1.39 bits per heavy atom. The van der Waals surface area contributed by atoms with E-state index in [1.165, 1.54) is 0 Å². The first-order valence-electron chi connectivity index (χ1n) is 6.75. The molecule has 2 atom stereocenters. The van der Waals surface area contributed by atoms with Gasteiger partial charge in [-0.3, -0.25) is 14.9 Å². The van der Waals surface area contributed by atoms with Gasteiger partial charge in [0.1, 0.15) is 4.87 Å². The summed E-state index contributed by atoms with van der Waals surface area (Å²) in [5, 5.41) is 10.6. The second kappa shape index (κ2) is 6.26. The van der Waals surface area contributed by atoms with Gasteiger partial charge in [-0.2, -0.15) is 0 Å². The predicted molar refractivity (Wildman–Crippen MR) is 85.1 cm³/mol. The number of non-ortho nitro benzene ring substituents is 1. The summed E-state index contributed by atoms with van der Waals surface area (Å²) in [7, 11) is -4.14. The summed E-state index contributed by atoms with van der Waals surface area (Å²) in [6.45, 7) is 1.57. The number of alkyl halides is 2. The van der Waals surface area contributed by atoms with E-state index in [0.717, 1.165) is 24.3 Å². The lowest BCUT2D eigenvalue weighted by molar-refractivity contribution is -0.384. The summed E-state index contributed by atoms with van der Waals surface area (Å²) in [6, 6.07) is 4.33. The molecule has 1 aliphatic heterocycles. The van der Waals surface area contributed by atoms with Gasteiger partial charge in [-0.25, -0.2) is 12.7 Å². The van der Waals surface area contributed by atoms with E-state index in [0.29, 0.717) is 4.31 Å². The van der Waals surface area contributed by atoms with E-state index in [1.54, 1.807) is 6.92 Å². The summed E-state index contributed by atoms with van der Waals surface area (Å²) in [5.41, 5.74) is -0.240. The Balaban J connectivity index is 2.40. The van der Waals surface area contributed by atoms with Crippen LogP contribution in [0.1, 0.15) is 13.3 Å². The molecule has 1 heterocycles. The van der Waals surface area contributed by atoms with Crippen LogP contribution >= 0.6 is 23.2 Å². The Kier molecular flexibility index (Phi) is 4.89. The van der Waals surface area contributed by atoms with E-state index in [1.807, 2.05) is 0 Å². The van der Waals surface area contributed by atoms with Gasteiger partial charge in [0.2, 0.25) is 0 Å². The Labute approximate surface area is 143 Å². The molecule has 126 valence electrons. The first-order chi connectivity index (χ1) is 10.7. The van der Waals surface area contributed by atoms with E-state index < -0.39 is 31.6 Å². The van der Waals surface area contributed by atoms with Crippen molar-refractivity contribution >= 4 is 44.8 Å². The zero-order chi connectivity index (χ0) is 17.4. The van der Waals surface area contributed by atoms with Crippen LogP contribution in [0, 0.1) is 16.0 Å². The minimum Gasteiger partial charge on any atom is -0.272 e. The van der Waals surface area contributed by atoms with Gasteiger partial charge < -0.3 is 0 Å². The SMILES string of the molecule is CCC1(Cl)C(=O)N(S(=O)(=O)c2ccc([N+](=O)[O-])cc2)CC1CCl. The molecule has 0 aromatic heterocycles. The average molecular weight is 381 g/mol. The van der Waals surface area contributed by atoms with Gasteiger partial charge in [-0.15, -0.1) is 23.2 Å². The summed E-state index contributed by atoms with van der Waals surface area (Å²) in [4.78, 5) is 20.9. The van der Waals surface area contributed by atoms with Gasteiger partial charge in [0.05, 0.1) is 9.82 Å². The zero-order valence-electron chi connectivity index (χ0n) is 12.1. The highest BCUT2D eigenvalue weighted by Gasteiger charge is 2.55. The Morgan fingerprint density at radius 3 is 2.35 bits per heavy atom. The molecule has 2 unspecified atom stereocenters. The number of carbonyl (C=O) groups excluding carboxylic acids is 1. The highest BCUT2D eigenvalue weighted by molar-refractivity contribution is 7.89. The topological polar surface area (TPSA) is 97.6 Å². The number of amides is 1. The van der Waals surface area contributed by atoms with Gasteiger partial charge in [0.15, 0.2) is 0 Å². The quantitative estimate of drug-likeness (QED) is 0.443. The second-order valence-electron chi connectivity index (χ2n) is 5.16. The fourth-order valence-corrected chi connectivity index (χ4v) is 4.73. The average Bonchev–Trinajstić information content (AvgIpc) is 2.80. The minimum absolute atomic E-state index is 0.0510. The maximum absolute atomic E-state index is 12.6. The summed E-state index contributed by atoms with van der Waals surface area (Å²) in [5.74, 6) is -1.17. The molecule has 23 heavy (non-hydrogen) atoms. The normalized spacial score (nSPS) is 24.9. The second-order valence-corrected chi connectivity index (χ2v) is 8.00. The number of carbonyl (C=O) groups is 1. The van der Waals surface area contributed by atoms with Crippen molar-refractivity contribution in [2.45, 2.75) is 23.1 Å². The predicted octanol–water partition coefficient (Wildman–Crippen LogP) is 2.37. The molecule has 1 aliphatic rings. The van der Waals surface area contributed by atoms with Crippen molar-refractivity contribution in [2.24, 2.45) is 5.92 Å². The molecule has 0 bridgehead atoms. The lowest BCUT2D eigenvalue weighted by Crippen LogP contribution is -2.40. The maximum Gasteiger partial charge on any atom is 0.269 e. The van der Waals surface area contributed by atoms with E-state index in [2.05, 4.69) is 0 Å². The molecule has 1 amide bonds. The van der Waals surface area contributed by atoms with Gasteiger partial charge >= 0.3 is 0 Å². The van der Waals surface area contributed by atoms with Crippen LogP contribution in [-0.2, 0) is 14.8 Å². The van der Waals surface area contributed by atoms with Crippen LogP contribution in [0.2, 0.25) is 0 Å². The maximum atomic E-state index is 12.6. The summed E-state index contributed by atoms with van der Waals surface area (Å²) < 4.78 is 26.0. The van der Waals surface area contributed by atoms with Crippen molar-refractivity contribution in [3.63, 3.8) is 0 Å². The van der Waals surface area contributed by atoms with Crippen molar-refractivity contribution in [3.05, 3.63) is 34.4 Å². The fraction of sp³-hybridized carbons (Fsp3) is 0.462. The molecule has 0 spiro atoms. The van der Waals surface area contributed by atoms with Crippen LogP contribution in [-0.4, -0.2) is 40.9 Å². The third-order valence-electron chi connectivity index (χ3n) is 3.95. The van der Waals surface area contributed by atoms with Crippen LogP contribution in [0.3, 0.4) is 0 Å². The van der Waals surface area contributed by atoms with Crippen LogP contribution in [0.4, 0.5) is 5.69 Å². The third-order valence-corrected chi connectivity index (χ3v) is 6.82. The Bertz CT molecular complexity index is 737. The molecule has 0 aliphatic carbocycles. The van der Waals surface area contributed by atoms with Gasteiger partial charge in [0, 0.05) is 30.5 Å².